The van der Waals surface area contributed by atoms with E-state index in [9.17, 15) is 0 Å². The van der Waals surface area contributed by atoms with Crippen LogP contribution in [0.2, 0.25) is 0 Å². The van der Waals surface area contributed by atoms with Crippen molar-refractivity contribution in [2.45, 2.75) is 38.9 Å². The van der Waals surface area contributed by atoms with Gasteiger partial charge in [0.05, 0.1) is 0 Å². The van der Waals surface area contributed by atoms with Crippen LogP contribution in [0.15, 0.2) is 0 Å². The highest BCUT2D eigenvalue weighted by molar-refractivity contribution is 9.09. The van der Waals surface area contributed by atoms with E-state index in [2.05, 4.69) is 48.5 Å². The lowest BCUT2D eigenvalue weighted by molar-refractivity contribution is 0.115. The summed E-state index contributed by atoms with van der Waals surface area (Å²) in [5.41, 5.74) is 0.438. The van der Waals surface area contributed by atoms with E-state index in [1.165, 1.54) is 26.1 Å². The molecule has 0 aromatic rings. The zero-order valence-electron chi connectivity index (χ0n) is 9.31. The molecule has 13 heavy (non-hydrogen) atoms. The first-order valence-corrected chi connectivity index (χ1v) is 6.20. The van der Waals surface area contributed by atoms with Crippen LogP contribution in [0.4, 0.5) is 0 Å². The summed E-state index contributed by atoms with van der Waals surface area (Å²) in [5.74, 6) is 0.794. The third-order valence-electron chi connectivity index (χ3n) is 2.80. The molecule has 0 aliphatic carbocycles. The summed E-state index contributed by atoms with van der Waals surface area (Å²) in [5, 5.41) is 0. The lowest BCUT2D eigenvalue weighted by Gasteiger charge is -2.42. The number of hydrogen-bond donors (Lipinski definition) is 0. The van der Waals surface area contributed by atoms with E-state index in [0.29, 0.717) is 10.2 Å². The van der Waals surface area contributed by atoms with Crippen LogP contribution in [0, 0.1) is 11.3 Å². The lowest BCUT2D eigenvalue weighted by atomic mass is 9.84. The van der Waals surface area contributed by atoms with E-state index < -0.39 is 0 Å². The summed E-state index contributed by atoms with van der Waals surface area (Å²) in [6.45, 7) is 13.1. The Morgan fingerprint density at radius 3 is 2.54 bits per heavy atom. The maximum absolute atomic E-state index is 3.78. The topological polar surface area (TPSA) is 3.24 Å². The molecule has 0 spiro atoms. The molecular weight excluding hydrogens is 226 g/mol. The van der Waals surface area contributed by atoms with Crippen LogP contribution in [0.1, 0.15) is 34.1 Å². The maximum atomic E-state index is 3.78. The normalized spacial score (nSPS) is 29.5. The molecule has 1 nitrogen and oxygen atoms in total. The quantitative estimate of drug-likeness (QED) is 0.678. The van der Waals surface area contributed by atoms with Gasteiger partial charge >= 0.3 is 0 Å². The van der Waals surface area contributed by atoms with E-state index in [1.54, 1.807) is 0 Å². The van der Waals surface area contributed by atoms with E-state index in [4.69, 9.17) is 0 Å². The van der Waals surface area contributed by atoms with Crippen LogP contribution in [0.3, 0.4) is 0 Å². The largest absolute Gasteiger partial charge is 0.302 e. The third kappa shape index (κ3) is 3.25. The molecule has 1 aliphatic heterocycles. The van der Waals surface area contributed by atoms with Gasteiger partial charge in [0.1, 0.15) is 0 Å². The van der Waals surface area contributed by atoms with Crippen molar-refractivity contribution < 1.29 is 0 Å². The molecule has 0 aromatic heterocycles. The minimum Gasteiger partial charge on any atom is -0.302 e. The number of rotatable bonds is 2. The predicted molar refractivity (Wildman–Crippen MR) is 62.4 cm³/mol. The minimum absolute atomic E-state index is 0.438. The molecule has 0 N–H and O–H groups in total. The van der Waals surface area contributed by atoms with E-state index in [0.717, 1.165) is 5.92 Å². The Balaban J connectivity index is 2.46. The van der Waals surface area contributed by atoms with Crippen LogP contribution in [-0.4, -0.2) is 29.4 Å². The number of hydrogen-bond acceptors (Lipinski definition) is 1. The van der Waals surface area contributed by atoms with Crippen molar-refractivity contribution in [2.24, 2.45) is 11.3 Å². The molecule has 1 unspecified atom stereocenters. The van der Waals surface area contributed by atoms with Gasteiger partial charge in [-0.2, -0.15) is 0 Å². The average Bonchev–Trinajstić information content (AvgIpc) is 1.95. The second kappa shape index (κ2) is 4.31. The highest BCUT2D eigenvalue weighted by atomic mass is 79.9. The number of piperidine rings is 1. The molecule has 1 aliphatic rings. The minimum atomic E-state index is 0.438. The summed E-state index contributed by atoms with van der Waals surface area (Å²) in [4.78, 5) is 3.30. The lowest BCUT2D eigenvalue weighted by Crippen LogP contribution is -2.47. The van der Waals surface area contributed by atoms with Crippen LogP contribution in [0.5, 0.6) is 0 Å². The molecule has 0 aromatic carbocycles. The van der Waals surface area contributed by atoms with Crippen LogP contribution in [0.25, 0.3) is 0 Å². The highest BCUT2D eigenvalue weighted by Gasteiger charge is 2.33. The summed E-state index contributed by atoms with van der Waals surface area (Å²) in [6, 6.07) is 0. The second-order valence-electron chi connectivity index (χ2n) is 5.37. The Morgan fingerprint density at radius 2 is 2.08 bits per heavy atom. The van der Waals surface area contributed by atoms with Gasteiger partial charge in [0.2, 0.25) is 0 Å². The van der Waals surface area contributed by atoms with Crippen molar-refractivity contribution >= 4 is 15.9 Å². The van der Waals surface area contributed by atoms with Crippen molar-refractivity contribution in [3.63, 3.8) is 0 Å². The first-order chi connectivity index (χ1) is 5.92. The molecule has 0 bridgehead atoms. The Kier molecular flexibility index (Phi) is 3.82. The van der Waals surface area contributed by atoms with Crippen molar-refractivity contribution in [1.29, 1.82) is 0 Å². The van der Waals surface area contributed by atoms with Gasteiger partial charge in [-0.1, -0.05) is 43.6 Å². The van der Waals surface area contributed by atoms with Crippen molar-refractivity contribution in [3.05, 3.63) is 0 Å². The Labute approximate surface area is 91.0 Å². The Morgan fingerprint density at radius 1 is 1.46 bits per heavy atom. The van der Waals surface area contributed by atoms with E-state index in [-0.39, 0.29) is 0 Å². The number of alkyl halides is 1. The van der Waals surface area contributed by atoms with Gasteiger partial charge in [-0.3, -0.25) is 0 Å². The molecule has 1 atom stereocenters. The number of likely N-dealkylation sites (tertiary alicyclic amines) is 1. The monoisotopic (exact) mass is 247 g/mol. The molecular formula is C11H22BrN. The molecule has 2 heteroatoms. The summed E-state index contributed by atoms with van der Waals surface area (Å²) >= 11 is 3.78. The van der Waals surface area contributed by atoms with E-state index in [1.807, 2.05) is 0 Å². The molecule has 1 saturated heterocycles. The van der Waals surface area contributed by atoms with Gasteiger partial charge in [-0.15, -0.1) is 0 Å². The summed E-state index contributed by atoms with van der Waals surface area (Å²) in [6.07, 6.45) is 1.29. The first kappa shape index (κ1) is 11.5. The first-order valence-electron chi connectivity index (χ1n) is 5.28. The molecule has 0 amide bonds. The predicted octanol–water partition coefficient (Wildman–Crippen LogP) is 3.14. The van der Waals surface area contributed by atoms with Crippen LogP contribution < -0.4 is 0 Å². The summed E-state index contributed by atoms with van der Waals surface area (Å²) < 4.78 is 0. The van der Waals surface area contributed by atoms with Crippen molar-refractivity contribution in [1.82, 2.24) is 4.90 Å². The van der Waals surface area contributed by atoms with Gasteiger partial charge in [0, 0.05) is 17.9 Å². The van der Waals surface area contributed by atoms with Gasteiger partial charge in [0.25, 0.3) is 0 Å². The fraction of sp³-hybridized carbons (Fsp3) is 1.00. The van der Waals surface area contributed by atoms with Gasteiger partial charge in [0.15, 0.2) is 0 Å². The maximum Gasteiger partial charge on any atom is 0.0221 e. The Hall–Kier alpha value is 0.440. The van der Waals surface area contributed by atoms with Gasteiger partial charge in [-0.05, 0) is 24.3 Å². The number of nitrogens with zero attached hydrogens (tertiary/aromatic N) is 1. The molecule has 1 heterocycles. The second-order valence-corrected chi connectivity index (χ2v) is 6.48. The van der Waals surface area contributed by atoms with Gasteiger partial charge in [-0.25, -0.2) is 0 Å². The molecule has 0 radical (unpaired) electrons. The van der Waals surface area contributed by atoms with Crippen LogP contribution >= 0.6 is 15.9 Å². The van der Waals surface area contributed by atoms with Crippen LogP contribution in [-0.2, 0) is 0 Å². The third-order valence-corrected chi connectivity index (χ3v) is 4.50. The summed E-state index contributed by atoms with van der Waals surface area (Å²) in [7, 11) is 0. The highest BCUT2D eigenvalue weighted by Crippen LogP contribution is 2.34. The molecule has 0 saturated carbocycles. The smallest absolute Gasteiger partial charge is 0.0221 e. The van der Waals surface area contributed by atoms with Crippen molar-refractivity contribution in [2.75, 3.05) is 19.6 Å². The Bertz CT molecular complexity index is 165. The van der Waals surface area contributed by atoms with E-state index >= 15 is 0 Å². The zero-order chi connectivity index (χ0) is 10.1. The standard InChI is InChI=1S/C11H22BrN/c1-9(2)7-13-6-5-10(12)11(3,4)8-13/h9-10H,5-8H2,1-4H3. The zero-order valence-corrected chi connectivity index (χ0v) is 10.9. The molecule has 78 valence electrons. The van der Waals surface area contributed by atoms with Gasteiger partial charge < -0.3 is 4.90 Å². The molecule has 1 rings (SSSR count). The number of halogens is 1. The fourth-order valence-electron chi connectivity index (χ4n) is 2.11. The fourth-order valence-corrected chi connectivity index (χ4v) is 2.46. The SMILES string of the molecule is CC(C)CN1CCC(Br)C(C)(C)C1. The average molecular weight is 248 g/mol. The van der Waals surface area contributed by atoms with Crippen molar-refractivity contribution in [3.8, 4) is 0 Å². The molecule has 1 fully saturated rings.